The summed E-state index contributed by atoms with van der Waals surface area (Å²) in [7, 11) is 1.67. The second-order valence-electron chi connectivity index (χ2n) is 7.44. The van der Waals surface area contributed by atoms with Gasteiger partial charge in [-0.05, 0) is 49.9 Å². The molecule has 0 radical (unpaired) electrons. The van der Waals surface area contributed by atoms with Crippen molar-refractivity contribution in [2.75, 3.05) is 39.9 Å². The number of hydrogen-bond acceptors (Lipinski definition) is 4. The van der Waals surface area contributed by atoms with Crippen molar-refractivity contribution in [2.45, 2.75) is 26.2 Å². The molecule has 1 aliphatic carbocycles. The van der Waals surface area contributed by atoms with Gasteiger partial charge in [-0.25, -0.2) is 4.79 Å². The Kier molecular flexibility index (Phi) is 5.15. The first-order chi connectivity index (χ1) is 13.6. The highest BCUT2D eigenvalue weighted by molar-refractivity contribution is 5.88. The van der Waals surface area contributed by atoms with Crippen molar-refractivity contribution in [2.24, 2.45) is 5.92 Å². The third-order valence-corrected chi connectivity index (χ3v) is 5.86. The number of H-pyrrole nitrogens is 1. The van der Waals surface area contributed by atoms with Gasteiger partial charge in [0, 0.05) is 48.7 Å². The Hall–Kier alpha value is -2.70. The Labute approximate surface area is 164 Å². The Bertz CT molecular complexity index is 883. The molecule has 0 spiro atoms. The third kappa shape index (κ3) is 3.41. The molecule has 1 N–H and O–H groups in total. The number of rotatable bonds is 3. The smallest absolute Gasteiger partial charge is 0.409 e. The van der Waals surface area contributed by atoms with Crippen molar-refractivity contribution in [3.05, 3.63) is 29.5 Å². The minimum atomic E-state index is -0.287. The summed E-state index contributed by atoms with van der Waals surface area (Å²) < 4.78 is 10.4. The van der Waals surface area contributed by atoms with Gasteiger partial charge >= 0.3 is 6.09 Å². The van der Waals surface area contributed by atoms with Crippen molar-refractivity contribution >= 4 is 22.9 Å². The SMILES string of the molecule is CCOC(=O)N1CCN(C(=O)C2CCc3[nH]c4ccc(OC)cc4c3C2)CC1. The molecule has 1 unspecified atom stereocenters. The predicted octanol–water partition coefficient (Wildman–Crippen LogP) is 2.58. The fraction of sp³-hybridized carbons (Fsp3) is 0.524. The molecular weight excluding hydrogens is 358 g/mol. The largest absolute Gasteiger partial charge is 0.497 e. The number of carbonyl (C=O) groups excluding carboxylic acids is 2. The summed E-state index contributed by atoms with van der Waals surface area (Å²) in [5, 5.41) is 1.15. The van der Waals surface area contributed by atoms with Crippen LogP contribution in [0.3, 0.4) is 0 Å². The molecule has 1 aromatic carbocycles. The van der Waals surface area contributed by atoms with Crippen LogP contribution >= 0.6 is 0 Å². The van der Waals surface area contributed by atoms with Crippen molar-refractivity contribution in [1.82, 2.24) is 14.8 Å². The number of fused-ring (bicyclic) bond motifs is 3. The maximum atomic E-state index is 13.1. The molecule has 2 aliphatic rings. The van der Waals surface area contributed by atoms with Crippen LogP contribution in [0.5, 0.6) is 5.75 Å². The van der Waals surface area contributed by atoms with Gasteiger partial charge in [0.15, 0.2) is 0 Å². The number of amides is 2. The van der Waals surface area contributed by atoms with Crippen molar-refractivity contribution in [3.63, 3.8) is 0 Å². The number of piperazine rings is 1. The number of nitrogens with zero attached hydrogens (tertiary/aromatic N) is 2. The van der Waals surface area contributed by atoms with Crippen LogP contribution in [0, 0.1) is 5.92 Å². The summed E-state index contributed by atoms with van der Waals surface area (Å²) in [5.41, 5.74) is 3.57. The van der Waals surface area contributed by atoms with E-state index in [1.54, 1.807) is 18.9 Å². The van der Waals surface area contributed by atoms with Crippen LogP contribution in [-0.2, 0) is 22.4 Å². The minimum absolute atomic E-state index is 0.00755. The maximum absolute atomic E-state index is 13.1. The topological polar surface area (TPSA) is 74.9 Å². The number of methoxy groups -OCH3 is 1. The number of aryl methyl sites for hydroxylation is 1. The lowest BCUT2D eigenvalue weighted by Crippen LogP contribution is -2.52. The van der Waals surface area contributed by atoms with Crippen LogP contribution < -0.4 is 4.74 Å². The molecule has 28 heavy (non-hydrogen) atoms. The molecule has 1 atom stereocenters. The van der Waals surface area contributed by atoms with Crippen molar-refractivity contribution < 1.29 is 19.1 Å². The summed E-state index contributed by atoms with van der Waals surface area (Å²) in [5.74, 6) is 1.02. The molecule has 2 amide bonds. The van der Waals surface area contributed by atoms with Crippen LogP contribution in [0.15, 0.2) is 18.2 Å². The lowest BCUT2D eigenvalue weighted by Gasteiger charge is -2.36. The molecule has 1 fully saturated rings. The molecule has 1 saturated heterocycles. The van der Waals surface area contributed by atoms with Gasteiger partial charge in [-0.2, -0.15) is 0 Å². The third-order valence-electron chi connectivity index (χ3n) is 5.86. The first kappa shape index (κ1) is 18.7. The molecule has 2 aromatic rings. The predicted molar refractivity (Wildman–Crippen MR) is 106 cm³/mol. The molecule has 1 aromatic heterocycles. The zero-order valence-corrected chi connectivity index (χ0v) is 16.5. The van der Waals surface area contributed by atoms with Crippen LogP contribution in [0.2, 0.25) is 0 Å². The number of carbonyl (C=O) groups is 2. The van der Waals surface area contributed by atoms with Crippen LogP contribution in [0.4, 0.5) is 4.79 Å². The Balaban J connectivity index is 1.44. The van der Waals surface area contributed by atoms with E-state index in [-0.39, 0.29) is 17.9 Å². The fourth-order valence-corrected chi connectivity index (χ4v) is 4.32. The van der Waals surface area contributed by atoms with E-state index in [0.29, 0.717) is 32.8 Å². The molecule has 2 heterocycles. The molecule has 1 aliphatic heterocycles. The van der Waals surface area contributed by atoms with E-state index in [0.717, 1.165) is 35.9 Å². The van der Waals surface area contributed by atoms with Gasteiger partial charge in [-0.3, -0.25) is 4.79 Å². The van der Waals surface area contributed by atoms with Crippen LogP contribution in [-0.4, -0.2) is 66.7 Å². The lowest BCUT2D eigenvalue weighted by atomic mass is 9.85. The normalized spacial score (nSPS) is 19.4. The van der Waals surface area contributed by atoms with E-state index in [9.17, 15) is 9.59 Å². The zero-order valence-electron chi connectivity index (χ0n) is 16.5. The molecule has 150 valence electrons. The van der Waals surface area contributed by atoms with E-state index < -0.39 is 0 Å². The first-order valence-corrected chi connectivity index (χ1v) is 9.98. The number of ether oxygens (including phenoxy) is 2. The maximum Gasteiger partial charge on any atom is 0.409 e. The first-order valence-electron chi connectivity index (χ1n) is 9.98. The summed E-state index contributed by atoms with van der Waals surface area (Å²) in [6, 6.07) is 6.05. The highest BCUT2D eigenvalue weighted by Gasteiger charge is 2.32. The monoisotopic (exact) mass is 385 g/mol. The molecule has 0 saturated carbocycles. The highest BCUT2D eigenvalue weighted by Crippen LogP contribution is 2.34. The van der Waals surface area contributed by atoms with Gasteiger partial charge in [-0.1, -0.05) is 0 Å². The van der Waals surface area contributed by atoms with E-state index in [4.69, 9.17) is 9.47 Å². The van der Waals surface area contributed by atoms with E-state index in [1.165, 1.54) is 11.3 Å². The lowest BCUT2D eigenvalue weighted by molar-refractivity contribution is -0.137. The number of benzene rings is 1. The van der Waals surface area contributed by atoms with E-state index in [2.05, 4.69) is 11.1 Å². The number of aromatic amines is 1. The number of aromatic nitrogens is 1. The van der Waals surface area contributed by atoms with Gasteiger partial charge in [0.1, 0.15) is 5.75 Å². The van der Waals surface area contributed by atoms with E-state index >= 15 is 0 Å². The second-order valence-corrected chi connectivity index (χ2v) is 7.44. The van der Waals surface area contributed by atoms with Crippen molar-refractivity contribution in [3.8, 4) is 5.75 Å². The minimum Gasteiger partial charge on any atom is -0.497 e. The highest BCUT2D eigenvalue weighted by atomic mass is 16.6. The standard InChI is InChI=1S/C21H27N3O4/c1-3-28-21(26)24-10-8-23(9-11-24)20(25)14-4-6-18-16(12-14)17-13-15(27-2)5-7-19(17)22-18/h5,7,13-14,22H,3-4,6,8-12H2,1-2H3. The molecule has 0 bridgehead atoms. The summed E-state index contributed by atoms with van der Waals surface area (Å²) in [6.07, 6.45) is 2.20. The quantitative estimate of drug-likeness (QED) is 0.881. The summed E-state index contributed by atoms with van der Waals surface area (Å²) in [4.78, 5) is 32.0. The van der Waals surface area contributed by atoms with Gasteiger partial charge < -0.3 is 24.3 Å². The fourth-order valence-electron chi connectivity index (χ4n) is 4.32. The summed E-state index contributed by atoms with van der Waals surface area (Å²) in [6.45, 7) is 4.39. The van der Waals surface area contributed by atoms with Crippen molar-refractivity contribution in [1.29, 1.82) is 0 Å². The molecule has 7 nitrogen and oxygen atoms in total. The molecule has 4 rings (SSSR count). The zero-order chi connectivity index (χ0) is 19.7. The van der Waals surface area contributed by atoms with Gasteiger partial charge in [-0.15, -0.1) is 0 Å². The number of nitrogens with one attached hydrogen (secondary N) is 1. The number of hydrogen-bond donors (Lipinski definition) is 1. The second kappa shape index (κ2) is 7.73. The Morgan fingerprint density at radius 2 is 1.93 bits per heavy atom. The Morgan fingerprint density at radius 1 is 1.18 bits per heavy atom. The van der Waals surface area contributed by atoms with Crippen LogP contribution in [0.25, 0.3) is 10.9 Å². The van der Waals surface area contributed by atoms with Crippen LogP contribution in [0.1, 0.15) is 24.6 Å². The van der Waals surface area contributed by atoms with Gasteiger partial charge in [0.05, 0.1) is 13.7 Å². The molecular formula is C21H27N3O4. The molecule has 7 heteroatoms. The Morgan fingerprint density at radius 3 is 2.64 bits per heavy atom. The van der Waals surface area contributed by atoms with E-state index in [1.807, 2.05) is 17.0 Å². The summed E-state index contributed by atoms with van der Waals surface area (Å²) >= 11 is 0. The van der Waals surface area contributed by atoms with Gasteiger partial charge in [0.25, 0.3) is 0 Å². The average molecular weight is 385 g/mol. The average Bonchev–Trinajstić information content (AvgIpc) is 3.10. The van der Waals surface area contributed by atoms with Gasteiger partial charge in [0.2, 0.25) is 5.91 Å².